The summed E-state index contributed by atoms with van der Waals surface area (Å²) in [5.41, 5.74) is 0.969. The first kappa shape index (κ1) is 14.4. The Balaban J connectivity index is 1.35. The van der Waals surface area contributed by atoms with Crippen LogP contribution in [-0.4, -0.2) is 33.6 Å². The molecule has 0 spiro atoms. The Kier molecular flexibility index (Phi) is 3.87. The number of hydrogen-bond acceptors (Lipinski definition) is 5. The van der Waals surface area contributed by atoms with E-state index in [0.29, 0.717) is 23.8 Å². The number of rotatable bonds is 5. The Morgan fingerprint density at radius 1 is 1.35 bits per heavy atom. The third-order valence-electron chi connectivity index (χ3n) is 4.30. The van der Waals surface area contributed by atoms with Gasteiger partial charge in [-0.1, -0.05) is 5.16 Å². The molecule has 23 heavy (non-hydrogen) atoms. The van der Waals surface area contributed by atoms with Gasteiger partial charge in [0.2, 0.25) is 0 Å². The van der Waals surface area contributed by atoms with Crippen LogP contribution in [0.25, 0.3) is 0 Å². The molecule has 7 heteroatoms. The van der Waals surface area contributed by atoms with Crippen molar-refractivity contribution in [1.29, 1.82) is 0 Å². The molecule has 1 amide bonds. The van der Waals surface area contributed by atoms with Crippen molar-refractivity contribution in [2.24, 2.45) is 0 Å². The van der Waals surface area contributed by atoms with E-state index in [1.54, 1.807) is 12.3 Å². The van der Waals surface area contributed by atoms with E-state index in [2.05, 4.69) is 15.6 Å². The smallest absolute Gasteiger partial charge is 0.277 e. The van der Waals surface area contributed by atoms with E-state index in [-0.39, 0.29) is 12.0 Å². The highest BCUT2D eigenvalue weighted by Gasteiger charge is 2.29. The van der Waals surface area contributed by atoms with Crippen molar-refractivity contribution < 1.29 is 14.1 Å². The second-order valence-electron chi connectivity index (χ2n) is 6.28. The van der Waals surface area contributed by atoms with Crippen molar-refractivity contribution in [1.82, 2.24) is 14.9 Å². The fourth-order valence-corrected chi connectivity index (χ4v) is 2.84. The number of nitrogens with one attached hydrogen (secondary N) is 1. The average molecular weight is 316 g/mol. The van der Waals surface area contributed by atoms with Crippen molar-refractivity contribution >= 4 is 11.6 Å². The summed E-state index contributed by atoms with van der Waals surface area (Å²) in [5, 5.41) is 10.9. The largest absolute Gasteiger partial charge is 0.376 e. The van der Waals surface area contributed by atoms with Crippen molar-refractivity contribution in [3.8, 4) is 0 Å². The van der Waals surface area contributed by atoms with Gasteiger partial charge in [-0.05, 0) is 32.1 Å². The Hall–Kier alpha value is -2.15. The molecule has 7 nitrogen and oxygen atoms in total. The number of ether oxygens (including phenoxy) is 1. The molecular formula is C16H20N4O3. The number of carbonyl (C=O) groups excluding carboxylic acids is 1. The molecule has 0 aromatic carbocycles. The maximum Gasteiger partial charge on any atom is 0.277 e. The van der Waals surface area contributed by atoms with Gasteiger partial charge in [0.05, 0.1) is 24.5 Å². The van der Waals surface area contributed by atoms with Crippen molar-refractivity contribution in [2.45, 2.75) is 50.7 Å². The molecule has 0 bridgehead atoms. The summed E-state index contributed by atoms with van der Waals surface area (Å²) < 4.78 is 12.7. The lowest BCUT2D eigenvalue weighted by Crippen LogP contribution is -2.24. The van der Waals surface area contributed by atoms with Crippen LogP contribution in [-0.2, 0) is 11.3 Å². The van der Waals surface area contributed by atoms with Crippen LogP contribution in [0.1, 0.15) is 54.3 Å². The van der Waals surface area contributed by atoms with Crippen LogP contribution in [0.3, 0.4) is 0 Å². The Morgan fingerprint density at radius 2 is 2.26 bits per heavy atom. The molecule has 1 atom stereocenters. The average Bonchev–Trinajstić information content (AvgIpc) is 3.13. The van der Waals surface area contributed by atoms with Gasteiger partial charge in [-0.2, -0.15) is 5.10 Å². The molecule has 1 saturated carbocycles. The summed E-state index contributed by atoms with van der Waals surface area (Å²) in [6.45, 7) is 1.54. The normalized spacial score (nSPS) is 21.3. The van der Waals surface area contributed by atoms with E-state index in [4.69, 9.17) is 9.26 Å². The predicted octanol–water partition coefficient (Wildman–Crippen LogP) is 2.57. The quantitative estimate of drug-likeness (QED) is 0.916. The molecule has 1 N–H and O–H groups in total. The lowest BCUT2D eigenvalue weighted by Gasteiger charge is -2.22. The summed E-state index contributed by atoms with van der Waals surface area (Å²) in [6.07, 6.45) is 9.30. The van der Waals surface area contributed by atoms with Gasteiger partial charge < -0.3 is 14.6 Å². The predicted molar refractivity (Wildman–Crippen MR) is 82.2 cm³/mol. The molecule has 4 rings (SSSR count). The third kappa shape index (κ3) is 3.44. The summed E-state index contributed by atoms with van der Waals surface area (Å²) in [5.74, 6) is 0.983. The number of carbonyl (C=O) groups is 1. The molecule has 2 aromatic rings. The molecule has 3 heterocycles. The summed E-state index contributed by atoms with van der Waals surface area (Å²) in [7, 11) is 0. The van der Waals surface area contributed by atoms with Gasteiger partial charge in [0.25, 0.3) is 5.91 Å². The highest BCUT2D eigenvalue weighted by Crippen LogP contribution is 2.40. The molecule has 2 fully saturated rings. The summed E-state index contributed by atoms with van der Waals surface area (Å²) >= 11 is 0. The van der Waals surface area contributed by atoms with Gasteiger partial charge in [-0.3, -0.25) is 9.48 Å². The van der Waals surface area contributed by atoms with Crippen molar-refractivity contribution in [2.75, 3.05) is 11.9 Å². The van der Waals surface area contributed by atoms with E-state index in [0.717, 1.165) is 38.1 Å². The first-order valence-electron chi connectivity index (χ1n) is 8.20. The number of amides is 1. The van der Waals surface area contributed by atoms with Gasteiger partial charge >= 0.3 is 0 Å². The molecular weight excluding hydrogens is 296 g/mol. The van der Waals surface area contributed by atoms with Crippen LogP contribution < -0.4 is 5.32 Å². The second kappa shape index (κ2) is 6.16. The first-order valence-corrected chi connectivity index (χ1v) is 8.20. The minimum absolute atomic E-state index is 0.212. The van der Waals surface area contributed by atoms with Crippen LogP contribution in [0.15, 0.2) is 23.0 Å². The van der Waals surface area contributed by atoms with Gasteiger partial charge in [0, 0.05) is 24.8 Å². The minimum atomic E-state index is -0.269. The minimum Gasteiger partial charge on any atom is -0.376 e. The monoisotopic (exact) mass is 316 g/mol. The SMILES string of the molecule is O=C(Nc1cnn(C[C@@H]2CCCCO2)c1)c1cc(C2CC2)on1. The fraction of sp³-hybridized carbons (Fsp3) is 0.562. The fourth-order valence-electron chi connectivity index (χ4n) is 2.84. The maximum atomic E-state index is 12.2. The summed E-state index contributed by atoms with van der Waals surface area (Å²) in [6, 6.07) is 1.73. The van der Waals surface area contributed by atoms with Crippen molar-refractivity contribution in [3.63, 3.8) is 0 Å². The maximum absolute atomic E-state index is 12.2. The zero-order valence-corrected chi connectivity index (χ0v) is 12.9. The molecule has 122 valence electrons. The van der Waals surface area contributed by atoms with Crippen LogP contribution in [0.2, 0.25) is 0 Å². The van der Waals surface area contributed by atoms with Gasteiger partial charge in [-0.15, -0.1) is 0 Å². The molecule has 2 aliphatic rings. The van der Waals surface area contributed by atoms with E-state index in [1.165, 1.54) is 6.42 Å². The zero-order chi connectivity index (χ0) is 15.6. The van der Waals surface area contributed by atoms with Crippen LogP contribution in [0.4, 0.5) is 5.69 Å². The van der Waals surface area contributed by atoms with Crippen LogP contribution in [0, 0.1) is 0 Å². The van der Waals surface area contributed by atoms with E-state index >= 15 is 0 Å². The van der Waals surface area contributed by atoms with Gasteiger partial charge in [0.15, 0.2) is 5.69 Å². The van der Waals surface area contributed by atoms with Gasteiger partial charge in [-0.25, -0.2) is 0 Å². The highest BCUT2D eigenvalue weighted by atomic mass is 16.5. The van der Waals surface area contributed by atoms with E-state index in [9.17, 15) is 4.79 Å². The molecule has 1 aliphatic carbocycles. The lowest BCUT2D eigenvalue weighted by atomic mass is 10.1. The number of aromatic nitrogens is 3. The van der Waals surface area contributed by atoms with Crippen molar-refractivity contribution in [3.05, 3.63) is 29.9 Å². The Morgan fingerprint density at radius 3 is 3.04 bits per heavy atom. The molecule has 1 saturated heterocycles. The molecule has 0 unspecified atom stereocenters. The standard InChI is InChI=1S/C16H20N4O3/c21-16(14-7-15(23-19-14)11-4-5-11)18-12-8-17-20(9-12)10-13-3-1-2-6-22-13/h7-9,11,13H,1-6,10H2,(H,18,21)/t13-/m0/s1. The van der Waals surface area contributed by atoms with Crippen LogP contribution in [0.5, 0.6) is 0 Å². The zero-order valence-electron chi connectivity index (χ0n) is 12.9. The number of hydrogen-bond donors (Lipinski definition) is 1. The topological polar surface area (TPSA) is 82.2 Å². The first-order chi connectivity index (χ1) is 11.3. The molecule has 1 aliphatic heterocycles. The van der Waals surface area contributed by atoms with Gasteiger partial charge in [0.1, 0.15) is 5.76 Å². The molecule has 2 aromatic heterocycles. The summed E-state index contributed by atoms with van der Waals surface area (Å²) in [4.78, 5) is 12.2. The van der Waals surface area contributed by atoms with E-state index in [1.807, 2.05) is 10.9 Å². The molecule has 0 radical (unpaired) electrons. The Labute approximate surface area is 134 Å². The van der Waals surface area contributed by atoms with Crippen LogP contribution >= 0.6 is 0 Å². The second-order valence-corrected chi connectivity index (χ2v) is 6.28. The Bertz CT molecular complexity index is 683. The van der Waals surface area contributed by atoms with E-state index < -0.39 is 0 Å². The number of anilines is 1. The lowest BCUT2D eigenvalue weighted by molar-refractivity contribution is 0.00401. The third-order valence-corrected chi connectivity index (χ3v) is 4.30. The number of nitrogens with zero attached hydrogens (tertiary/aromatic N) is 3. The highest BCUT2D eigenvalue weighted by molar-refractivity contribution is 6.02.